The number of hydrazine groups is 1. The summed E-state index contributed by atoms with van der Waals surface area (Å²) in [6.45, 7) is 8.14. The van der Waals surface area contributed by atoms with Gasteiger partial charge < -0.3 is 26.0 Å². The van der Waals surface area contributed by atoms with Crippen LogP contribution in [0.3, 0.4) is 0 Å². The van der Waals surface area contributed by atoms with Crippen LogP contribution < -0.4 is 27.3 Å². The van der Waals surface area contributed by atoms with Gasteiger partial charge in [0.25, 0.3) is 5.56 Å². The normalized spacial score (nSPS) is 11.2. The Morgan fingerprint density at radius 2 is 1.88 bits per heavy atom. The summed E-state index contributed by atoms with van der Waals surface area (Å²) in [5.74, 6) is 5.09. The molecule has 0 bridgehead atoms. The number of H-pyrrole nitrogens is 1. The molecule has 0 radical (unpaired) electrons. The molecule has 1 heterocycles. The number of nitrogens with zero attached hydrogens (tertiary/aromatic N) is 1. The molecule has 0 fully saturated rings. The number of nitrogen functional groups attached to an aromatic ring is 2. The summed E-state index contributed by atoms with van der Waals surface area (Å²) in [6, 6.07) is 13.3. The topological polar surface area (TPSA) is 156 Å². The zero-order valence-corrected chi connectivity index (χ0v) is 20.0. The van der Waals surface area contributed by atoms with E-state index in [-0.39, 0.29) is 17.3 Å². The molecule has 0 aliphatic carbocycles. The van der Waals surface area contributed by atoms with Crippen LogP contribution in [0.4, 0.5) is 11.5 Å². The van der Waals surface area contributed by atoms with Gasteiger partial charge in [-0.05, 0) is 48.6 Å². The van der Waals surface area contributed by atoms with Gasteiger partial charge in [-0.15, -0.1) is 0 Å². The summed E-state index contributed by atoms with van der Waals surface area (Å²) in [5, 5.41) is 9.36. The number of aromatic amines is 1. The number of ether oxygens (including phenoxy) is 1. The van der Waals surface area contributed by atoms with Crippen molar-refractivity contribution in [3.8, 4) is 28.3 Å². The molecule has 1 aromatic heterocycles. The zero-order valence-electron chi connectivity index (χ0n) is 20.0. The minimum Gasteiger partial charge on any atom is -0.493 e. The number of nitrogens with two attached hydrogens (primary N) is 2. The molecule has 1 atom stereocenters. The van der Waals surface area contributed by atoms with Gasteiger partial charge in [0.2, 0.25) is 0 Å². The number of aliphatic carboxylic acids is 1. The quantitative estimate of drug-likeness (QED) is 0.233. The Hall–Kier alpha value is -3.85. The second kappa shape index (κ2) is 12.4. The van der Waals surface area contributed by atoms with Crippen LogP contribution >= 0.6 is 0 Å². The molecule has 0 saturated heterocycles. The van der Waals surface area contributed by atoms with E-state index in [9.17, 15) is 14.7 Å². The average Bonchev–Trinajstić information content (AvgIpc) is 2.85. The second-order valence-corrected chi connectivity index (χ2v) is 7.31. The molecule has 3 aromatic rings. The van der Waals surface area contributed by atoms with Crippen LogP contribution in [0.2, 0.25) is 0 Å². The number of carboxylic acid groups (broad SMARTS) is 1. The lowest BCUT2D eigenvalue weighted by molar-refractivity contribution is -0.141. The summed E-state index contributed by atoms with van der Waals surface area (Å²) in [4.78, 5) is 30.5. The lowest BCUT2D eigenvalue weighted by Crippen LogP contribution is -2.20. The van der Waals surface area contributed by atoms with Gasteiger partial charge in [-0.3, -0.25) is 9.59 Å². The van der Waals surface area contributed by atoms with Crippen molar-refractivity contribution in [2.45, 2.75) is 40.5 Å². The number of aromatic nitrogens is 2. The van der Waals surface area contributed by atoms with E-state index in [1.165, 1.54) is 0 Å². The Labute approximate surface area is 199 Å². The fourth-order valence-electron chi connectivity index (χ4n) is 3.46. The first-order chi connectivity index (χ1) is 16.4. The predicted octanol–water partition coefficient (Wildman–Crippen LogP) is 4.05. The van der Waals surface area contributed by atoms with Crippen LogP contribution in [0.1, 0.15) is 39.7 Å². The number of carboxylic acids is 1. The fraction of sp³-hybridized carbons (Fsp3) is 0.320. The van der Waals surface area contributed by atoms with Crippen LogP contribution in [-0.2, 0) is 11.2 Å². The third-order valence-corrected chi connectivity index (χ3v) is 5.21. The smallest absolute Gasteiger partial charge is 0.306 e. The minimum atomic E-state index is -0.794. The number of hydrogen-bond donors (Lipinski definition) is 5. The van der Waals surface area contributed by atoms with Crippen molar-refractivity contribution in [2.24, 2.45) is 11.8 Å². The summed E-state index contributed by atoms with van der Waals surface area (Å²) in [5.41, 5.74) is 10.8. The van der Waals surface area contributed by atoms with Crippen molar-refractivity contribution in [3.05, 3.63) is 58.4 Å². The predicted molar refractivity (Wildman–Crippen MR) is 136 cm³/mol. The standard InChI is InChI=1S/C23H27N5O4.C2H6/c1-3-14(23(30)31)10-13-6-5-7-15(11-13)16-8-9-17(18(12-16)32-4-2)20-26-21(28-25)19(24)22(29)27-20;1-2/h5-9,11-12,14H,3-4,10,24-25H2,1-2H3,(H,30,31)(H2,26,27,28,29);1-2H3. The Morgan fingerprint density at radius 3 is 2.50 bits per heavy atom. The van der Waals surface area contributed by atoms with Crippen molar-refractivity contribution in [2.75, 3.05) is 17.8 Å². The van der Waals surface area contributed by atoms with Gasteiger partial charge in [0.15, 0.2) is 5.82 Å². The molecule has 7 N–H and O–H groups in total. The number of rotatable bonds is 9. The number of anilines is 2. The average molecular weight is 468 g/mol. The molecule has 3 rings (SSSR count). The van der Waals surface area contributed by atoms with Crippen molar-refractivity contribution < 1.29 is 14.6 Å². The van der Waals surface area contributed by atoms with Gasteiger partial charge >= 0.3 is 5.97 Å². The molecule has 0 amide bonds. The van der Waals surface area contributed by atoms with Gasteiger partial charge in [-0.2, -0.15) is 0 Å². The van der Waals surface area contributed by atoms with Crippen LogP contribution in [0.15, 0.2) is 47.3 Å². The molecule has 0 aliphatic rings. The summed E-state index contributed by atoms with van der Waals surface area (Å²) < 4.78 is 5.82. The van der Waals surface area contributed by atoms with Crippen LogP contribution in [0, 0.1) is 5.92 Å². The van der Waals surface area contributed by atoms with E-state index in [0.717, 1.165) is 16.7 Å². The lowest BCUT2D eigenvalue weighted by atomic mass is 9.94. The molecule has 1 unspecified atom stereocenters. The second-order valence-electron chi connectivity index (χ2n) is 7.31. The Kier molecular flexibility index (Phi) is 9.63. The van der Waals surface area contributed by atoms with E-state index in [1.54, 1.807) is 6.07 Å². The molecule has 9 heteroatoms. The first-order valence-corrected chi connectivity index (χ1v) is 11.3. The lowest BCUT2D eigenvalue weighted by Gasteiger charge is -2.14. The molecule has 9 nitrogen and oxygen atoms in total. The molecular formula is C25H33N5O4. The highest BCUT2D eigenvalue weighted by molar-refractivity contribution is 5.75. The van der Waals surface area contributed by atoms with Crippen LogP contribution in [-0.4, -0.2) is 27.7 Å². The maximum atomic E-state index is 12.1. The van der Waals surface area contributed by atoms with Crippen molar-refractivity contribution in [1.82, 2.24) is 9.97 Å². The number of benzene rings is 2. The highest BCUT2D eigenvalue weighted by Crippen LogP contribution is 2.33. The first-order valence-electron chi connectivity index (χ1n) is 11.3. The van der Waals surface area contributed by atoms with E-state index < -0.39 is 17.4 Å². The zero-order chi connectivity index (χ0) is 25.3. The van der Waals surface area contributed by atoms with Gasteiger partial charge in [0.05, 0.1) is 18.1 Å². The summed E-state index contributed by atoms with van der Waals surface area (Å²) >= 11 is 0. The monoisotopic (exact) mass is 467 g/mol. The van der Waals surface area contributed by atoms with E-state index in [2.05, 4.69) is 15.4 Å². The molecule has 0 spiro atoms. The highest BCUT2D eigenvalue weighted by Gasteiger charge is 2.17. The molecule has 182 valence electrons. The third kappa shape index (κ3) is 6.14. The molecular weight excluding hydrogens is 434 g/mol. The number of carbonyl (C=O) groups is 1. The molecule has 0 saturated carbocycles. The van der Waals surface area contributed by atoms with Gasteiger partial charge in [0, 0.05) is 0 Å². The third-order valence-electron chi connectivity index (χ3n) is 5.21. The molecule has 2 aromatic carbocycles. The Balaban J connectivity index is 0.00000199. The SMILES string of the molecule is CC.CCOc1cc(-c2cccc(CC(CC)C(=O)O)c2)ccc1-c1nc(NN)c(N)c(=O)[nH]1. The van der Waals surface area contributed by atoms with Gasteiger partial charge in [-0.25, -0.2) is 10.8 Å². The highest BCUT2D eigenvalue weighted by atomic mass is 16.5. The fourth-order valence-corrected chi connectivity index (χ4v) is 3.46. The van der Waals surface area contributed by atoms with E-state index in [0.29, 0.717) is 30.8 Å². The Bertz CT molecular complexity index is 1180. The summed E-state index contributed by atoms with van der Waals surface area (Å²) in [7, 11) is 0. The van der Waals surface area contributed by atoms with E-state index in [4.69, 9.17) is 16.3 Å². The van der Waals surface area contributed by atoms with Crippen LogP contribution in [0.5, 0.6) is 5.75 Å². The van der Waals surface area contributed by atoms with E-state index >= 15 is 0 Å². The number of hydrogen-bond acceptors (Lipinski definition) is 7. The van der Waals surface area contributed by atoms with Crippen molar-refractivity contribution >= 4 is 17.5 Å². The maximum Gasteiger partial charge on any atom is 0.306 e. The van der Waals surface area contributed by atoms with Crippen molar-refractivity contribution in [3.63, 3.8) is 0 Å². The van der Waals surface area contributed by atoms with Gasteiger partial charge in [-0.1, -0.05) is 51.1 Å². The van der Waals surface area contributed by atoms with Crippen LogP contribution in [0.25, 0.3) is 22.5 Å². The largest absolute Gasteiger partial charge is 0.493 e. The number of nitrogens with one attached hydrogen (secondary N) is 2. The van der Waals surface area contributed by atoms with Gasteiger partial charge in [0.1, 0.15) is 17.3 Å². The Morgan fingerprint density at radius 1 is 1.18 bits per heavy atom. The summed E-state index contributed by atoms with van der Waals surface area (Å²) in [6.07, 6.45) is 1.02. The minimum absolute atomic E-state index is 0.0758. The van der Waals surface area contributed by atoms with E-state index in [1.807, 2.05) is 64.1 Å². The molecule has 34 heavy (non-hydrogen) atoms. The molecule has 0 aliphatic heterocycles. The van der Waals surface area contributed by atoms with Crippen molar-refractivity contribution in [1.29, 1.82) is 0 Å². The first kappa shape index (κ1) is 26.4. The maximum absolute atomic E-state index is 12.1.